The molecule has 0 fully saturated rings. The summed E-state index contributed by atoms with van der Waals surface area (Å²) < 4.78 is 30.5. The standard InChI is InChI=1S/C26H34ClN3O4S/c1-5-7-8-14-34-22-12-10-21(23(27)16-22)17-29-19(4)28-24-13-11-20(15-25(24)29)26(31)30(35(32)33)18(3)9-6-2/h10-13,15-16,18H,5-9,14,17H2,1-4H3,(H,32,33). The maximum absolute atomic E-state index is 13.1. The Hall–Kier alpha value is -2.42. The molecule has 9 heteroatoms. The molecule has 2 atom stereocenters. The number of amides is 1. The van der Waals surface area contributed by atoms with Crippen LogP contribution in [0.15, 0.2) is 36.4 Å². The molecule has 1 aromatic heterocycles. The van der Waals surface area contributed by atoms with Gasteiger partial charge in [0.15, 0.2) is 0 Å². The lowest BCUT2D eigenvalue weighted by Gasteiger charge is -2.24. The van der Waals surface area contributed by atoms with E-state index in [1.807, 2.05) is 36.6 Å². The van der Waals surface area contributed by atoms with Crippen LogP contribution in [0.4, 0.5) is 0 Å². The van der Waals surface area contributed by atoms with Crippen molar-refractivity contribution in [3.05, 3.63) is 58.4 Å². The van der Waals surface area contributed by atoms with Gasteiger partial charge in [0, 0.05) is 16.6 Å². The second-order valence-electron chi connectivity index (χ2n) is 8.76. The van der Waals surface area contributed by atoms with Crippen molar-refractivity contribution in [1.82, 2.24) is 13.9 Å². The van der Waals surface area contributed by atoms with E-state index in [2.05, 4.69) is 11.9 Å². The summed E-state index contributed by atoms with van der Waals surface area (Å²) in [5, 5.41) is 0.599. The predicted octanol–water partition coefficient (Wildman–Crippen LogP) is 6.38. The van der Waals surface area contributed by atoms with Gasteiger partial charge in [-0.25, -0.2) is 13.5 Å². The molecular weight excluding hydrogens is 486 g/mol. The van der Waals surface area contributed by atoms with Gasteiger partial charge >= 0.3 is 0 Å². The molecular formula is C26H34ClN3O4S. The van der Waals surface area contributed by atoms with Gasteiger partial charge in [-0.2, -0.15) is 0 Å². The topological polar surface area (TPSA) is 84.7 Å². The van der Waals surface area contributed by atoms with Gasteiger partial charge in [-0.05, 0) is 62.6 Å². The maximum atomic E-state index is 13.1. The molecule has 0 saturated carbocycles. The molecule has 1 N–H and O–H groups in total. The summed E-state index contributed by atoms with van der Waals surface area (Å²) in [4.78, 5) is 17.8. The first kappa shape index (κ1) is 27.2. The van der Waals surface area contributed by atoms with E-state index in [0.717, 1.165) is 58.2 Å². The molecule has 1 amide bonds. The van der Waals surface area contributed by atoms with E-state index in [1.54, 1.807) is 25.1 Å². The van der Waals surface area contributed by atoms with Crippen LogP contribution < -0.4 is 4.74 Å². The van der Waals surface area contributed by atoms with Crippen LogP contribution >= 0.6 is 11.6 Å². The molecule has 3 rings (SSSR count). The van der Waals surface area contributed by atoms with Gasteiger partial charge in [0.05, 0.1) is 24.2 Å². The van der Waals surface area contributed by atoms with Crippen molar-refractivity contribution in [3.8, 4) is 5.75 Å². The highest BCUT2D eigenvalue weighted by Crippen LogP contribution is 2.27. The third-order valence-corrected chi connectivity index (χ3v) is 7.24. The normalized spacial score (nSPS) is 13.1. The number of benzene rings is 2. The quantitative estimate of drug-likeness (QED) is 0.221. The van der Waals surface area contributed by atoms with Crippen LogP contribution in [0.1, 0.15) is 74.6 Å². The third-order valence-electron chi connectivity index (χ3n) is 6.03. The van der Waals surface area contributed by atoms with Crippen molar-refractivity contribution in [3.63, 3.8) is 0 Å². The average molecular weight is 520 g/mol. The van der Waals surface area contributed by atoms with E-state index in [0.29, 0.717) is 30.2 Å². The van der Waals surface area contributed by atoms with Gasteiger partial charge in [-0.1, -0.05) is 50.8 Å². The number of hydrogen-bond donors (Lipinski definition) is 1. The summed E-state index contributed by atoms with van der Waals surface area (Å²) in [6.45, 7) is 8.95. The van der Waals surface area contributed by atoms with Gasteiger partial charge in [0.1, 0.15) is 11.6 Å². The van der Waals surface area contributed by atoms with E-state index >= 15 is 0 Å². The summed E-state index contributed by atoms with van der Waals surface area (Å²) in [5.41, 5.74) is 2.74. The third kappa shape index (κ3) is 6.63. The number of carbonyl (C=O) groups excluding carboxylic acids is 1. The minimum absolute atomic E-state index is 0.339. The van der Waals surface area contributed by atoms with Crippen LogP contribution in [0.5, 0.6) is 5.75 Å². The highest BCUT2D eigenvalue weighted by atomic mass is 35.5. The zero-order valence-corrected chi connectivity index (χ0v) is 22.4. The van der Waals surface area contributed by atoms with Crippen LogP contribution in [0.2, 0.25) is 5.02 Å². The number of imidazole rings is 1. The van der Waals surface area contributed by atoms with Crippen molar-refractivity contribution in [2.45, 2.75) is 72.4 Å². The van der Waals surface area contributed by atoms with Crippen LogP contribution in [-0.2, 0) is 17.8 Å². The molecule has 0 spiro atoms. The number of fused-ring (bicyclic) bond motifs is 1. The largest absolute Gasteiger partial charge is 0.494 e. The summed E-state index contributed by atoms with van der Waals surface area (Å²) >= 11 is 4.17. The molecule has 1 heterocycles. The molecule has 0 aliphatic rings. The molecule has 35 heavy (non-hydrogen) atoms. The number of unbranched alkanes of at least 4 members (excludes halogenated alkanes) is 2. The van der Waals surface area contributed by atoms with E-state index in [-0.39, 0.29) is 6.04 Å². The Bertz CT molecular complexity index is 1200. The minimum Gasteiger partial charge on any atom is -0.494 e. The fraction of sp³-hybridized carbons (Fsp3) is 0.462. The molecule has 3 aromatic rings. The monoisotopic (exact) mass is 519 g/mol. The van der Waals surface area contributed by atoms with Gasteiger partial charge in [-0.3, -0.25) is 9.35 Å². The fourth-order valence-electron chi connectivity index (χ4n) is 4.12. The first-order valence-electron chi connectivity index (χ1n) is 12.1. The molecule has 2 aromatic carbocycles. The molecule has 0 bridgehead atoms. The average Bonchev–Trinajstić information content (AvgIpc) is 3.12. The number of ether oxygens (including phenoxy) is 1. The van der Waals surface area contributed by atoms with E-state index < -0.39 is 17.2 Å². The van der Waals surface area contributed by atoms with Crippen molar-refractivity contribution in [2.24, 2.45) is 0 Å². The highest BCUT2D eigenvalue weighted by molar-refractivity contribution is 7.77. The number of halogens is 1. The van der Waals surface area contributed by atoms with E-state index in [1.165, 1.54) is 0 Å². The fourth-order valence-corrected chi connectivity index (χ4v) is 5.01. The van der Waals surface area contributed by atoms with Gasteiger partial charge in [-0.15, -0.1) is 0 Å². The molecule has 2 unspecified atom stereocenters. The lowest BCUT2D eigenvalue weighted by molar-refractivity contribution is 0.0822. The lowest BCUT2D eigenvalue weighted by atomic mass is 10.1. The Morgan fingerprint density at radius 2 is 1.97 bits per heavy atom. The van der Waals surface area contributed by atoms with Crippen molar-refractivity contribution >= 4 is 39.8 Å². The van der Waals surface area contributed by atoms with Crippen LogP contribution in [0.25, 0.3) is 11.0 Å². The Balaban J connectivity index is 1.87. The number of hydrogen-bond acceptors (Lipinski definition) is 4. The molecule has 0 aliphatic carbocycles. The van der Waals surface area contributed by atoms with Crippen LogP contribution in [0, 0.1) is 6.92 Å². The van der Waals surface area contributed by atoms with Crippen LogP contribution in [0.3, 0.4) is 0 Å². The zero-order valence-electron chi connectivity index (χ0n) is 20.8. The first-order valence-corrected chi connectivity index (χ1v) is 13.5. The highest BCUT2D eigenvalue weighted by Gasteiger charge is 2.26. The first-order chi connectivity index (χ1) is 16.8. The maximum Gasteiger partial charge on any atom is 0.267 e. The summed E-state index contributed by atoms with van der Waals surface area (Å²) in [5.74, 6) is 1.04. The smallest absolute Gasteiger partial charge is 0.267 e. The second kappa shape index (κ2) is 12.5. The van der Waals surface area contributed by atoms with Gasteiger partial charge in [0.2, 0.25) is 0 Å². The number of carbonyl (C=O) groups is 1. The minimum atomic E-state index is -2.41. The molecule has 0 aliphatic heterocycles. The molecule has 0 radical (unpaired) electrons. The Morgan fingerprint density at radius 3 is 2.63 bits per heavy atom. The predicted molar refractivity (Wildman–Crippen MR) is 141 cm³/mol. The van der Waals surface area contributed by atoms with Crippen molar-refractivity contribution in [2.75, 3.05) is 6.61 Å². The molecule has 0 saturated heterocycles. The van der Waals surface area contributed by atoms with Crippen molar-refractivity contribution < 1.29 is 18.3 Å². The van der Waals surface area contributed by atoms with Crippen LogP contribution in [-0.4, -0.2) is 41.2 Å². The Kier molecular flexibility index (Phi) is 9.71. The number of aromatic nitrogens is 2. The number of rotatable bonds is 12. The number of nitrogens with zero attached hydrogens (tertiary/aromatic N) is 3. The summed E-state index contributed by atoms with van der Waals surface area (Å²) in [6, 6.07) is 10.5. The van der Waals surface area contributed by atoms with E-state index in [4.69, 9.17) is 16.3 Å². The lowest BCUT2D eigenvalue weighted by Crippen LogP contribution is -2.39. The van der Waals surface area contributed by atoms with E-state index in [9.17, 15) is 13.6 Å². The Labute approximate surface area is 214 Å². The molecule has 7 nitrogen and oxygen atoms in total. The zero-order chi connectivity index (χ0) is 25.5. The van der Waals surface area contributed by atoms with Gasteiger partial charge in [0.25, 0.3) is 17.2 Å². The molecule has 190 valence electrons. The summed E-state index contributed by atoms with van der Waals surface area (Å²) in [7, 11) is 0. The summed E-state index contributed by atoms with van der Waals surface area (Å²) in [6.07, 6.45) is 4.72. The Morgan fingerprint density at radius 1 is 1.20 bits per heavy atom. The number of aryl methyl sites for hydroxylation is 1. The SMILES string of the molecule is CCCCCOc1ccc(Cn2c(C)nc3ccc(C(=O)N(C(C)CCC)S(=O)O)cc32)c(Cl)c1. The van der Waals surface area contributed by atoms with Crippen molar-refractivity contribution in [1.29, 1.82) is 0 Å². The van der Waals surface area contributed by atoms with Gasteiger partial charge < -0.3 is 9.30 Å². The second-order valence-corrected chi connectivity index (χ2v) is 10.0.